The molecular formula is C15H18FNO. The second-order valence-electron chi connectivity index (χ2n) is 5.70. The van der Waals surface area contributed by atoms with Crippen LogP contribution in [0, 0.1) is 24.1 Å². The molecule has 1 saturated carbocycles. The number of aryl methyl sites for hydroxylation is 1. The van der Waals surface area contributed by atoms with Crippen molar-refractivity contribution in [3.05, 3.63) is 35.1 Å². The summed E-state index contributed by atoms with van der Waals surface area (Å²) in [6, 6.07) is 4.85. The molecule has 0 radical (unpaired) electrons. The van der Waals surface area contributed by atoms with E-state index < -0.39 is 0 Å². The third kappa shape index (κ3) is 1.87. The van der Waals surface area contributed by atoms with Crippen LogP contribution in [0.1, 0.15) is 35.2 Å². The summed E-state index contributed by atoms with van der Waals surface area (Å²) < 4.78 is 13.5. The molecule has 1 aliphatic heterocycles. The van der Waals surface area contributed by atoms with Gasteiger partial charge in [-0.05, 0) is 56.3 Å². The molecule has 1 spiro atoms. The van der Waals surface area contributed by atoms with Gasteiger partial charge in [0.15, 0.2) is 5.78 Å². The van der Waals surface area contributed by atoms with Crippen molar-refractivity contribution in [2.75, 3.05) is 13.1 Å². The number of halogens is 1. The summed E-state index contributed by atoms with van der Waals surface area (Å²) >= 11 is 0. The van der Waals surface area contributed by atoms with Crippen LogP contribution >= 0.6 is 0 Å². The van der Waals surface area contributed by atoms with Crippen LogP contribution in [-0.2, 0) is 0 Å². The van der Waals surface area contributed by atoms with Crippen LogP contribution in [0.3, 0.4) is 0 Å². The summed E-state index contributed by atoms with van der Waals surface area (Å²) in [5.74, 6) is -0.0154. The van der Waals surface area contributed by atoms with Crippen LogP contribution < -0.4 is 5.32 Å². The molecule has 1 heterocycles. The normalized spacial score (nSPS) is 25.1. The molecule has 0 amide bonds. The van der Waals surface area contributed by atoms with E-state index in [1.165, 1.54) is 6.07 Å². The Morgan fingerprint density at radius 3 is 2.78 bits per heavy atom. The molecule has 18 heavy (non-hydrogen) atoms. The quantitative estimate of drug-likeness (QED) is 0.814. The van der Waals surface area contributed by atoms with Gasteiger partial charge in [-0.2, -0.15) is 0 Å². The number of hydrogen-bond donors (Lipinski definition) is 1. The van der Waals surface area contributed by atoms with Gasteiger partial charge in [0, 0.05) is 11.5 Å². The Bertz CT molecular complexity index is 491. The molecule has 1 aromatic carbocycles. The van der Waals surface area contributed by atoms with Crippen molar-refractivity contribution in [1.29, 1.82) is 0 Å². The second kappa shape index (κ2) is 4.16. The third-order valence-corrected chi connectivity index (χ3v) is 4.56. The topological polar surface area (TPSA) is 29.1 Å². The highest BCUT2D eigenvalue weighted by atomic mass is 19.1. The Kier molecular flexibility index (Phi) is 2.74. The van der Waals surface area contributed by atoms with Gasteiger partial charge in [0.1, 0.15) is 5.82 Å². The third-order valence-electron chi connectivity index (χ3n) is 4.56. The van der Waals surface area contributed by atoms with Crippen molar-refractivity contribution < 1.29 is 9.18 Å². The molecule has 3 rings (SSSR count). The van der Waals surface area contributed by atoms with E-state index in [2.05, 4.69) is 5.32 Å². The lowest BCUT2D eigenvalue weighted by Crippen LogP contribution is -2.30. The molecular weight excluding hydrogens is 229 g/mol. The average molecular weight is 247 g/mol. The van der Waals surface area contributed by atoms with E-state index in [0.29, 0.717) is 11.1 Å². The lowest BCUT2D eigenvalue weighted by Gasteiger charge is -2.23. The zero-order chi connectivity index (χ0) is 12.8. The minimum atomic E-state index is -0.277. The van der Waals surface area contributed by atoms with Crippen molar-refractivity contribution in [2.45, 2.75) is 26.2 Å². The van der Waals surface area contributed by atoms with E-state index in [0.717, 1.165) is 32.4 Å². The lowest BCUT2D eigenvalue weighted by molar-refractivity contribution is 0.0940. The van der Waals surface area contributed by atoms with Crippen LogP contribution in [0.5, 0.6) is 0 Å². The molecule has 2 nitrogen and oxygen atoms in total. The zero-order valence-electron chi connectivity index (χ0n) is 10.6. The Hall–Kier alpha value is -1.22. The van der Waals surface area contributed by atoms with Crippen molar-refractivity contribution in [3.8, 4) is 0 Å². The van der Waals surface area contributed by atoms with E-state index >= 15 is 0 Å². The fraction of sp³-hybridized carbons (Fsp3) is 0.533. The predicted octanol–water partition coefficient (Wildman–Crippen LogP) is 2.71. The van der Waals surface area contributed by atoms with E-state index in [9.17, 15) is 9.18 Å². The standard InChI is InChI=1S/C15H18FNO/c1-10-2-3-11(8-13(10)16)14(18)12-9-15(12)4-6-17-7-5-15/h2-3,8,12,17H,4-7,9H2,1H3. The summed E-state index contributed by atoms with van der Waals surface area (Å²) in [5, 5.41) is 3.32. The predicted molar refractivity (Wildman–Crippen MR) is 68.1 cm³/mol. The number of Topliss-reactive ketones (excluding diaryl/α,β-unsaturated/α-hetero) is 1. The molecule has 0 bridgehead atoms. The molecule has 2 aliphatic rings. The molecule has 0 aromatic heterocycles. The monoisotopic (exact) mass is 247 g/mol. The van der Waals surface area contributed by atoms with Crippen LogP contribution in [0.25, 0.3) is 0 Å². The first-order chi connectivity index (χ1) is 8.62. The summed E-state index contributed by atoms with van der Waals surface area (Å²) in [6.45, 7) is 3.73. The minimum absolute atomic E-state index is 0.127. The van der Waals surface area contributed by atoms with Crippen molar-refractivity contribution in [3.63, 3.8) is 0 Å². The Morgan fingerprint density at radius 1 is 1.39 bits per heavy atom. The first kappa shape index (κ1) is 11.8. The number of carbonyl (C=O) groups is 1. The largest absolute Gasteiger partial charge is 0.317 e. The van der Waals surface area contributed by atoms with Gasteiger partial charge in [0.2, 0.25) is 0 Å². The van der Waals surface area contributed by atoms with E-state index in [1.54, 1.807) is 19.1 Å². The van der Waals surface area contributed by atoms with Crippen LogP contribution in [-0.4, -0.2) is 18.9 Å². The highest BCUT2D eigenvalue weighted by Gasteiger charge is 2.57. The van der Waals surface area contributed by atoms with Gasteiger partial charge < -0.3 is 5.32 Å². The van der Waals surface area contributed by atoms with Gasteiger partial charge in [-0.25, -0.2) is 4.39 Å². The van der Waals surface area contributed by atoms with Gasteiger partial charge in [0.05, 0.1) is 0 Å². The van der Waals surface area contributed by atoms with E-state index in [1.807, 2.05) is 0 Å². The Morgan fingerprint density at radius 2 is 2.11 bits per heavy atom. The maximum atomic E-state index is 13.5. The van der Waals surface area contributed by atoms with Crippen molar-refractivity contribution in [2.24, 2.45) is 11.3 Å². The van der Waals surface area contributed by atoms with Gasteiger partial charge in [0.25, 0.3) is 0 Å². The van der Waals surface area contributed by atoms with Gasteiger partial charge >= 0.3 is 0 Å². The van der Waals surface area contributed by atoms with Gasteiger partial charge in [-0.15, -0.1) is 0 Å². The lowest BCUT2D eigenvalue weighted by atomic mass is 9.89. The zero-order valence-corrected chi connectivity index (χ0v) is 10.6. The van der Waals surface area contributed by atoms with Crippen LogP contribution in [0.15, 0.2) is 18.2 Å². The Balaban J connectivity index is 1.78. The molecule has 1 unspecified atom stereocenters. The first-order valence-electron chi connectivity index (χ1n) is 6.63. The summed E-state index contributed by atoms with van der Waals surface area (Å²) in [5.41, 5.74) is 1.36. The fourth-order valence-corrected chi connectivity index (χ4v) is 3.14. The number of rotatable bonds is 2. The highest BCUT2D eigenvalue weighted by molar-refractivity contribution is 6.00. The van der Waals surface area contributed by atoms with Crippen LogP contribution in [0.2, 0.25) is 0 Å². The first-order valence-corrected chi connectivity index (χ1v) is 6.63. The van der Waals surface area contributed by atoms with Gasteiger partial charge in [-0.1, -0.05) is 12.1 Å². The second-order valence-corrected chi connectivity index (χ2v) is 5.70. The molecule has 3 heteroatoms. The molecule has 1 aromatic rings. The fourth-order valence-electron chi connectivity index (χ4n) is 3.14. The summed E-state index contributed by atoms with van der Waals surface area (Å²) in [6.07, 6.45) is 3.15. The van der Waals surface area contributed by atoms with Crippen LogP contribution in [0.4, 0.5) is 4.39 Å². The molecule has 1 saturated heterocycles. The molecule has 1 N–H and O–H groups in total. The molecule has 1 aliphatic carbocycles. The molecule has 1 atom stereocenters. The van der Waals surface area contributed by atoms with Gasteiger partial charge in [-0.3, -0.25) is 4.79 Å². The number of piperidine rings is 1. The SMILES string of the molecule is Cc1ccc(C(=O)C2CC23CCNCC3)cc1F. The number of benzene rings is 1. The smallest absolute Gasteiger partial charge is 0.166 e. The Labute approximate surface area is 107 Å². The number of carbonyl (C=O) groups excluding carboxylic acids is 1. The summed E-state index contributed by atoms with van der Waals surface area (Å²) in [4.78, 5) is 12.4. The van der Waals surface area contributed by atoms with E-state index in [-0.39, 0.29) is 22.9 Å². The number of hydrogen-bond acceptors (Lipinski definition) is 2. The van der Waals surface area contributed by atoms with Crippen molar-refractivity contribution >= 4 is 5.78 Å². The van der Waals surface area contributed by atoms with Crippen molar-refractivity contribution in [1.82, 2.24) is 5.32 Å². The average Bonchev–Trinajstić information content (AvgIpc) is 3.06. The summed E-state index contributed by atoms with van der Waals surface area (Å²) in [7, 11) is 0. The maximum Gasteiger partial charge on any atom is 0.166 e. The maximum absolute atomic E-state index is 13.5. The number of ketones is 1. The molecule has 2 fully saturated rings. The van der Waals surface area contributed by atoms with E-state index in [4.69, 9.17) is 0 Å². The minimum Gasteiger partial charge on any atom is -0.317 e. The molecule has 96 valence electrons. The number of nitrogens with one attached hydrogen (secondary N) is 1. The highest BCUT2D eigenvalue weighted by Crippen LogP contribution is 2.59.